The standard InChI is InChI=1S/C11H15N/c1-7-3-4-9(5-8(7)2)10-6-11(10)12/h3-5,10-11H,6,12H2,1-2H3/t10-,11-/m0/s1. The van der Waals surface area contributed by atoms with E-state index in [4.69, 9.17) is 5.73 Å². The third-order valence-electron chi connectivity index (χ3n) is 2.80. The molecule has 2 atom stereocenters. The second-order valence-electron chi connectivity index (χ2n) is 3.85. The van der Waals surface area contributed by atoms with Crippen molar-refractivity contribution in [1.29, 1.82) is 0 Å². The Balaban J connectivity index is 2.29. The summed E-state index contributed by atoms with van der Waals surface area (Å²) in [5.74, 6) is 0.643. The molecule has 12 heavy (non-hydrogen) atoms. The minimum Gasteiger partial charge on any atom is -0.327 e. The molecule has 1 aromatic carbocycles. The molecular weight excluding hydrogens is 146 g/mol. The van der Waals surface area contributed by atoms with Gasteiger partial charge in [-0.25, -0.2) is 0 Å². The first-order chi connectivity index (χ1) is 5.68. The van der Waals surface area contributed by atoms with Gasteiger partial charge in [0.25, 0.3) is 0 Å². The van der Waals surface area contributed by atoms with Crippen LogP contribution in [0.1, 0.15) is 29.0 Å². The van der Waals surface area contributed by atoms with E-state index in [0.717, 1.165) is 0 Å². The molecular formula is C11H15N. The van der Waals surface area contributed by atoms with E-state index < -0.39 is 0 Å². The van der Waals surface area contributed by atoms with Crippen molar-refractivity contribution in [3.63, 3.8) is 0 Å². The van der Waals surface area contributed by atoms with Gasteiger partial charge in [0.05, 0.1) is 0 Å². The van der Waals surface area contributed by atoms with Crippen LogP contribution in [-0.2, 0) is 0 Å². The molecule has 0 spiro atoms. The summed E-state index contributed by atoms with van der Waals surface area (Å²) in [5.41, 5.74) is 9.96. The quantitative estimate of drug-likeness (QED) is 0.670. The summed E-state index contributed by atoms with van der Waals surface area (Å²) in [6.45, 7) is 4.30. The van der Waals surface area contributed by atoms with Crippen LogP contribution in [-0.4, -0.2) is 6.04 Å². The van der Waals surface area contributed by atoms with Crippen molar-refractivity contribution in [2.45, 2.75) is 32.2 Å². The van der Waals surface area contributed by atoms with Gasteiger partial charge in [0.1, 0.15) is 0 Å². The summed E-state index contributed by atoms with van der Waals surface area (Å²) >= 11 is 0. The van der Waals surface area contributed by atoms with Crippen molar-refractivity contribution in [2.24, 2.45) is 5.73 Å². The fourth-order valence-corrected chi connectivity index (χ4v) is 1.59. The van der Waals surface area contributed by atoms with Crippen molar-refractivity contribution >= 4 is 0 Å². The van der Waals surface area contributed by atoms with E-state index in [0.29, 0.717) is 12.0 Å². The van der Waals surface area contributed by atoms with Gasteiger partial charge in [-0.15, -0.1) is 0 Å². The Morgan fingerprint density at radius 3 is 2.42 bits per heavy atom. The fraction of sp³-hybridized carbons (Fsp3) is 0.455. The van der Waals surface area contributed by atoms with Crippen molar-refractivity contribution in [1.82, 2.24) is 0 Å². The molecule has 0 bridgehead atoms. The Bertz CT molecular complexity index is 304. The predicted molar refractivity (Wildman–Crippen MR) is 51.2 cm³/mol. The molecule has 1 aliphatic rings. The van der Waals surface area contributed by atoms with Gasteiger partial charge in [-0.2, -0.15) is 0 Å². The number of rotatable bonds is 1. The molecule has 0 amide bonds. The molecule has 1 aromatic rings. The second-order valence-corrected chi connectivity index (χ2v) is 3.85. The molecule has 1 saturated carbocycles. The van der Waals surface area contributed by atoms with E-state index in [1.54, 1.807) is 0 Å². The molecule has 0 unspecified atom stereocenters. The number of benzene rings is 1. The average Bonchev–Trinajstić information content (AvgIpc) is 2.73. The van der Waals surface area contributed by atoms with E-state index >= 15 is 0 Å². The summed E-state index contributed by atoms with van der Waals surface area (Å²) in [4.78, 5) is 0. The lowest BCUT2D eigenvalue weighted by Gasteiger charge is -2.03. The maximum absolute atomic E-state index is 5.79. The lowest BCUT2D eigenvalue weighted by molar-refractivity contribution is 0.987. The van der Waals surface area contributed by atoms with Crippen molar-refractivity contribution in [3.05, 3.63) is 34.9 Å². The summed E-state index contributed by atoms with van der Waals surface area (Å²) in [6, 6.07) is 7.09. The molecule has 1 heteroatoms. The summed E-state index contributed by atoms with van der Waals surface area (Å²) in [7, 11) is 0. The molecule has 0 aliphatic heterocycles. The molecule has 1 aliphatic carbocycles. The van der Waals surface area contributed by atoms with Crippen molar-refractivity contribution < 1.29 is 0 Å². The Labute approximate surface area is 73.6 Å². The van der Waals surface area contributed by atoms with Crippen molar-refractivity contribution in [2.75, 3.05) is 0 Å². The molecule has 1 nitrogen and oxygen atoms in total. The lowest BCUT2D eigenvalue weighted by Crippen LogP contribution is -2.01. The van der Waals surface area contributed by atoms with Crippen LogP contribution in [0.3, 0.4) is 0 Å². The normalized spacial score (nSPS) is 27.2. The minimum absolute atomic E-state index is 0.423. The van der Waals surface area contributed by atoms with Gasteiger partial charge < -0.3 is 5.73 Å². The highest BCUT2D eigenvalue weighted by atomic mass is 14.7. The zero-order valence-electron chi connectivity index (χ0n) is 7.67. The largest absolute Gasteiger partial charge is 0.327 e. The van der Waals surface area contributed by atoms with Crippen LogP contribution < -0.4 is 5.73 Å². The summed E-state index contributed by atoms with van der Waals surface area (Å²) in [6.07, 6.45) is 1.17. The average molecular weight is 161 g/mol. The molecule has 0 heterocycles. The predicted octanol–water partition coefficient (Wildman–Crippen LogP) is 2.12. The maximum Gasteiger partial charge on any atom is 0.0115 e. The molecule has 0 radical (unpaired) electrons. The van der Waals surface area contributed by atoms with Gasteiger partial charge in [-0.05, 0) is 37.0 Å². The highest BCUT2D eigenvalue weighted by Crippen LogP contribution is 2.39. The first-order valence-corrected chi connectivity index (χ1v) is 4.51. The fourth-order valence-electron chi connectivity index (χ4n) is 1.59. The van der Waals surface area contributed by atoms with Gasteiger partial charge in [0.15, 0.2) is 0 Å². The monoisotopic (exact) mass is 161 g/mol. The van der Waals surface area contributed by atoms with Gasteiger partial charge >= 0.3 is 0 Å². The van der Waals surface area contributed by atoms with Crippen LogP contribution in [0.15, 0.2) is 18.2 Å². The molecule has 2 rings (SSSR count). The Morgan fingerprint density at radius 1 is 1.25 bits per heavy atom. The number of aryl methyl sites for hydroxylation is 2. The summed E-state index contributed by atoms with van der Waals surface area (Å²) < 4.78 is 0. The first kappa shape index (κ1) is 7.81. The Morgan fingerprint density at radius 2 is 1.92 bits per heavy atom. The molecule has 0 saturated heterocycles. The van der Waals surface area contributed by atoms with Crippen LogP contribution in [0.25, 0.3) is 0 Å². The van der Waals surface area contributed by atoms with E-state index in [1.165, 1.54) is 23.1 Å². The van der Waals surface area contributed by atoms with Gasteiger partial charge in [0, 0.05) is 12.0 Å². The van der Waals surface area contributed by atoms with Crippen LogP contribution in [0.4, 0.5) is 0 Å². The first-order valence-electron chi connectivity index (χ1n) is 4.51. The van der Waals surface area contributed by atoms with Crippen LogP contribution in [0, 0.1) is 13.8 Å². The smallest absolute Gasteiger partial charge is 0.0115 e. The third kappa shape index (κ3) is 1.25. The molecule has 1 fully saturated rings. The van der Waals surface area contributed by atoms with E-state index in [2.05, 4.69) is 32.0 Å². The second kappa shape index (κ2) is 2.60. The van der Waals surface area contributed by atoms with E-state index in [-0.39, 0.29) is 0 Å². The zero-order valence-corrected chi connectivity index (χ0v) is 7.67. The Hall–Kier alpha value is -0.820. The molecule has 0 aromatic heterocycles. The number of hydrogen-bond acceptors (Lipinski definition) is 1. The SMILES string of the molecule is Cc1ccc([C@@H]2C[C@@H]2N)cc1C. The van der Waals surface area contributed by atoms with Gasteiger partial charge in [-0.1, -0.05) is 18.2 Å². The van der Waals surface area contributed by atoms with Gasteiger partial charge in [0.2, 0.25) is 0 Å². The zero-order chi connectivity index (χ0) is 8.72. The van der Waals surface area contributed by atoms with Crippen molar-refractivity contribution in [3.8, 4) is 0 Å². The van der Waals surface area contributed by atoms with E-state index in [9.17, 15) is 0 Å². The van der Waals surface area contributed by atoms with Crippen LogP contribution in [0.2, 0.25) is 0 Å². The highest BCUT2D eigenvalue weighted by molar-refractivity contribution is 5.35. The number of hydrogen-bond donors (Lipinski definition) is 1. The topological polar surface area (TPSA) is 26.0 Å². The number of nitrogens with two attached hydrogens (primary N) is 1. The maximum atomic E-state index is 5.79. The van der Waals surface area contributed by atoms with Gasteiger partial charge in [-0.3, -0.25) is 0 Å². The highest BCUT2D eigenvalue weighted by Gasteiger charge is 2.34. The summed E-state index contributed by atoms with van der Waals surface area (Å²) in [5, 5.41) is 0. The Kier molecular flexibility index (Phi) is 1.69. The van der Waals surface area contributed by atoms with Crippen LogP contribution >= 0.6 is 0 Å². The minimum atomic E-state index is 0.423. The third-order valence-corrected chi connectivity index (χ3v) is 2.80. The molecule has 2 N–H and O–H groups in total. The van der Waals surface area contributed by atoms with Crippen LogP contribution in [0.5, 0.6) is 0 Å². The molecule has 64 valence electrons. The lowest BCUT2D eigenvalue weighted by atomic mass is 10.0. The van der Waals surface area contributed by atoms with E-state index in [1.807, 2.05) is 0 Å².